The zero-order chi connectivity index (χ0) is 16.0. The van der Waals surface area contributed by atoms with Crippen molar-refractivity contribution < 1.29 is 41.1 Å². The maximum Gasteiger partial charge on any atom is 1.00 e. The van der Waals surface area contributed by atoms with Crippen LogP contribution in [0.1, 0.15) is 19.3 Å². The molecule has 3 atom stereocenters. The van der Waals surface area contributed by atoms with Crippen LogP contribution in [-0.4, -0.2) is 51.4 Å². The van der Waals surface area contributed by atoms with Crippen LogP contribution in [0.2, 0.25) is 0 Å². The Morgan fingerprint density at radius 2 is 2.14 bits per heavy atom. The number of rotatable bonds is 4. The van der Waals surface area contributed by atoms with E-state index in [2.05, 4.69) is 11.4 Å². The van der Waals surface area contributed by atoms with E-state index in [0.29, 0.717) is 23.5 Å². The van der Waals surface area contributed by atoms with E-state index in [4.69, 9.17) is 16.2 Å². The van der Waals surface area contributed by atoms with Crippen LogP contribution in [0.3, 0.4) is 0 Å². The molecule has 8 nitrogen and oxygen atoms in total. The van der Waals surface area contributed by atoms with Crippen molar-refractivity contribution in [1.82, 2.24) is 0 Å². The first-order chi connectivity index (χ1) is 9.76. The molecule has 1 fully saturated rings. The summed E-state index contributed by atoms with van der Waals surface area (Å²) in [5, 5.41) is 14.7. The molecule has 1 aliphatic carbocycles. The van der Waals surface area contributed by atoms with Crippen molar-refractivity contribution in [1.29, 1.82) is 5.41 Å². The minimum Gasteiger partial charge on any atom is -0.772 e. The Bertz CT molecular complexity index is 538. The SMILES string of the molecule is N=C1N=C(N)C2C[CH-]CCC12.O=S([O-])CS(=O)(=O)CCO.[Li+]. The minimum absolute atomic E-state index is 0. The third kappa shape index (κ3) is 6.89. The van der Waals surface area contributed by atoms with Gasteiger partial charge in [-0.1, -0.05) is 6.42 Å². The van der Waals surface area contributed by atoms with Gasteiger partial charge in [-0.3, -0.25) is 9.62 Å². The zero-order valence-electron chi connectivity index (χ0n) is 12.4. The average molecular weight is 344 g/mol. The van der Waals surface area contributed by atoms with Gasteiger partial charge < -0.3 is 21.8 Å². The third-order valence-electron chi connectivity index (χ3n) is 3.25. The number of aliphatic hydroxyl groups excluding tert-OH is 1. The van der Waals surface area contributed by atoms with Gasteiger partial charge in [0.1, 0.15) is 16.8 Å². The van der Waals surface area contributed by atoms with Crippen LogP contribution in [0.15, 0.2) is 4.99 Å². The molecular weight excluding hydrogens is 325 g/mol. The second kappa shape index (κ2) is 9.80. The van der Waals surface area contributed by atoms with Crippen molar-refractivity contribution in [3.8, 4) is 0 Å². The molecule has 0 bridgehead atoms. The Morgan fingerprint density at radius 1 is 1.50 bits per heavy atom. The van der Waals surface area contributed by atoms with Crippen molar-refractivity contribution in [2.75, 3.05) is 17.4 Å². The summed E-state index contributed by atoms with van der Waals surface area (Å²) in [4.78, 5) is 3.99. The van der Waals surface area contributed by atoms with Crippen LogP contribution in [0, 0.1) is 23.7 Å². The number of aliphatic imine (C=N–C) groups is 1. The van der Waals surface area contributed by atoms with Gasteiger partial charge in [0.2, 0.25) is 0 Å². The quantitative estimate of drug-likeness (QED) is 0.269. The molecule has 0 spiro atoms. The second-order valence-electron chi connectivity index (χ2n) is 4.83. The van der Waals surface area contributed by atoms with Crippen molar-refractivity contribution >= 4 is 32.6 Å². The van der Waals surface area contributed by atoms with E-state index in [0.717, 1.165) is 19.3 Å². The number of nitrogens with one attached hydrogen (secondary N) is 1. The van der Waals surface area contributed by atoms with E-state index in [9.17, 15) is 17.2 Å². The van der Waals surface area contributed by atoms with Crippen LogP contribution >= 0.6 is 0 Å². The summed E-state index contributed by atoms with van der Waals surface area (Å²) in [6, 6.07) is 0. The first kappa shape index (κ1) is 21.8. The smallest absolute Gasteiger partial charge is 0.772 e. The van der Waals surface area contributed by atoms with E-state index in [1.54, 1.807) is 0 Å². The molecule has 2 rings (SSSR count). The summed E-state index contributed by atoms with van der Waals surface area (Å²) >= 11 is -2.59. The van der Waals surface area contributed by atoms with E-state index < -0.39 is 38.4 Å². The van der Waals surface area contributed by atoms with Gasteiger partial charge in [-0.15, -0.1) is 0 Å². The molecule has 2 aliphatic rings. The minimum atomic E-state index is -3.59. The van der Waals surface area contributed by atoms with E-state index >= 15 is 0 Å². The van der Waals surface area contributed by atoms with Crippen LogP contribution < -0.4 is 24.6 Å². The summed E-state index contributed by atoms with van der Waals surface area (Å²) in [5.74, 6) is 1.37. The van der Waals surface area contributed by atoms with Crippen molar-refractivity contribution in [2.24, 2.45) is 22.6 Å². The van der Waals surface area contributed by atoms with Gasteiger partial charge in [-0.05, 0) is 17.0 Å². The Morgan fingerprint density at radius 3 is 2.64 bits per heavy atom. The largest absolute Gasteiger partial charge is 1.00 e. The number of amidine groups is 2. The average Bonchev–Trinajstić information content (AvgIpc) is 2.65. The first-order valence-electron chi connectivity index (χ1n) is 6.38. The molecule has 0 aromatic carbocycles. The zero-order valence-corrected chi connectivity index (χ0v) is 14.0. The molecule has 0 radical (unpaired) electrons. The van der Waals surface area contributed by atoms with Gasteiger partial charge in [-0.25, -0.2) is 13.4 Å². The molecular formula is C11H19LiN3O5S2-. The summed E-state index contributed by atoms with van der Waals surface area (Å²) in [6.07, 6.45) is 5.45. The van der Waals surface area contributed by atoms with Gasteiger partial charge in [0, 0.05) is 5.92 Å². The molecule has 22 heavy (non-hydrogen) atoms. The standard InChI is InChI=1S/C8H12N3.C3H8O5S2.Li/c9-7-5-3-1-2-4-6(5)8(10)11-7;4-1-2-10(7,8)3-9(5)6;/h1,5-6H,2-4H2,(H3,9,10,11);4H,1-3H2,(H,5,6);/q-1;;+1/p-1. The topological polar surface area (TPSA) is 157 Å². The summed E-state index contributed by atoms with van der Waals surface area (Å²) in [7, 11) is -3.59. The Labute approximate surface area is 144 Å². The number of hydrogen-bond acceptors (Lipinski definition) is 7. The Balaban J connectivity index is 0.000000387. The number of nitrogens with two attached hydrogens (primary N) is 1. The number of sulfone groups is 1. The summed E-state index contributed by atoms with van der Waals surface area (Å²) in [5.41, 5.74) is 5.67. The van der Waals surface area contributed by atoms with Gasteiger partial charge >= 0.3 is 18.9 Å². The molecule has 3 unspecified atom stereocenters. The van der Waals surface area contributed by atoms with Crippen molar-refractivity contribution in [3.63, 3.8) is 0 Å². The molecule has 1 heterocycles. The van der Waals surface area contributed by atoms with Gasteiger partial charge in [0.15, 0.2) is 9.84 Å². The van der Waals surface area contributed by atoms with Crippen molar-refractivity contribution in [3.05, 3.63) is 6.42 Å². The predicted molar refractivity (Wildman–Crippen MR) is 79.1 cm³/mol. The van der Waals surface area contributed by atoms with Crippen LogP contribution in [0.25, 0.3) is 0 Å². The van der Waals surface area contributed by atoms with E-state index in [-0.39, 0.29) is 18.9 Å². The molecule has 0 amide bonds. The first-order valence-corrected chi connectivity index (χ1v) is 9.44. The Kier molecular flexibility index (Phi) is 9.69. The number of aliphatic hydroxyl groups is 1. The monoisotopic (exact) mass is 344 g/mol. The van der Waals surface area contributed by atoms with E-state index in [1.165, 1.54) is 0 Å². The van der Waals surface area contributed by atoms with Crippen molar-refractivity contribution in [2.45, 2.75) is 19.3 Å². The summed E-state index contributed by atoms with van der Waals surface area (Å²) < 4.78 is 40.6. The molecule has 1 saturated carbocycles. The fraction of sp³-hybridized carbons (Fsp3) is 0.727. The molecule has 11 heteroatoms. The second-order valence-corrected chi connectivity index (χ2v) is 8.28. The molecule has 122 valence electrons. The molecule has 0 aromatic rings. The Hall–Kier alpha value is -0.243. The van der Waals surface area contributed by atoms with Gasteiger partial charge in [0.05, 0.1) is 12.4 Å². The molecule has 4 N–H and O–H groups in total. The molecule has 0 aromatic heterocycles. The number of hydrogen-bond donors (Lipinski definition) is 3. The fourth-order valence-electron chi connectivity index (χ4n) is 2.26. The number of nitrogens with zero attached hydrogens (tertiary/aromatic N) is 1. The molecule has 1 aliphatic heterocycles. The third-order valence-corrected chi connectivity index (χ3v) is 6.26. The van der Waals surface area contributed by atoms with E-state index in [1.807, 2.05) is 0 Å². The van der Waals surface area contributed by atoms with Crippen LogP contribution in [-0.2, 0) is 20.9 Å². The maximum atomic E-state index is 10.5. The van der Waals surface area contributed by atoms with Gasteiger partial charge in [0.25, 0.3) is 0 Å². The summed E-state index contributed by atoms with van der Waals surface area (Å²) in [6.45, 7) is -0.542. The normalized spacial score (nSPS) is 25.2. The molecule has 0 saturated heterocycles. The van der Waals surface area contributed by atoms with Crippen LogP contribution in [0.4, 0.5) is 0 Å². The van der Waals surface area contributed by atoms with Crippen LogP contribution in [0.5, 0.6) is 0 Å². The fourth-order valence-corrected chi connectivity index (χ4v) is 4.19. The number of fused-ring (bicyclic) bond motifs is 1. The maximum absolute atomic E-state index is 10.5. The predicted octanol–water partition coefficient (Wildman–Crippen LogP) is -3.81. The van der Waals surface area contributed by atoms with Gasteiger partial charge in [-0.2, -0.15) is 12.8 Å².